The number of nitrogens with zero attached hydrogens (tertiary/aromatic N) is 5. The molecule has 0 aromatic carbocycles. The maximum Gasteiger partial charge on any atom is 0.256 e. The van der Waals surface area contributed by atoms with Gasteiger partial charge in [-0.2, -0.15) is 5.10 Å². The van der Waals surface area contributed by atoms with Gasteiger partial charge >= 0.3 is 0 Å². The van der Waals surface area contributed by atoms with Crippen LogP contribution in [0.1, 0.15) is 47.1 Å². The van der Waals surface area contributed by atoms with Crippen LogP contribution in [-0.2, 0) is 6.42 Å². The fraction of sp³-hybridized carbons (Fsp3) is 0.368. The number of hydrogen-bond donors (Lipinski definition) is 1. The average molecular weight is 348 g/mol. The summed E-state index contributed by atoms with van der Waals surface area (Å²) in [4.78, 5) is 24.5. The third-order valence-corrected chi connectivity index (χ3v) is 5.21. The van der Waals surface area contributed by atoms with Crippen LogP contribution in [0.5, 0.6) is 0 Å². The molecule has 1 atom stereocenters. The molecule has 1 fully saturated rings. The van der Waals surface area contributed by atoms with Gasteiger partial charge in [-0.3, -0.25) is 9.78 Å². The smallest absolute Gasteiger partial charge is 0.256 e. The van der Waals surface area contributed by atoms with Crippen molar-refractivity contribution in [3.05, 3.63) is 53.6 Å². The topological polar surface area (TPSA) is 75.4 Å². The highest BCUT2D eigenvalue weighted by molar-refractivity contribution is 5.99. The van der Waals surface area contributed by atoms with E-state index in [-0.39, 0.29) is 11.9 Å². The van der Waals surface area contributed by atoms with Crippen molar-refractivity contribution in [1.82, 2.24) is 24.9 Å². The highest BCUT2D eigenvalue weighted by Gasteiger charge is 2.29. The van der Waals surface area contributed by atoms with Gasteiger partial charge in [-0.25, -0.2) is 9.50 Å². The molecule has 7 nitrogen and oxygen atoms in total. The van der Waals surface area contributed by atoms with Crippen molar-refractivity contribution in [3.63, 3.8) is 0 Å². The molecule has 0 radical (unpaired) electrons. The molecule has 0 aliphatic carbocycles. The normalized spacial score (nSPS) is 20.1. The number of carbonyl (C=O) groups is 1. The Hall–Kier alpha value is -2.96. The summed E-state index contributed by atoms with van der Waals surface area (Å²) in [7, 11) is 0. The summed E-state index contributed by atoms with van der Waals surface area (Å²) in [6, 6.07) is 8.47. The Morgan fingerprint density at radius 2 is 2.12 bits per heavy atom. The number of fused-ring (bicyclic) bond motifs is 6. The van der Waals surface area contributed by atoms with Gasteiger partial charge in [0, 0.05) is 25.0 Å². The van der Waals surface area contributed by atoms with E-state index in [1.807, 2.05) is 12.3 Å². The van der Waals surface area contributed by atoms with Crippen LogP contribution >= 0.6 is 0 Å². The van der Waals surface area contributed by atoms with Crippen LogP contribution in [0.3, 0.4) is 0 Å². The summed E-state index contributed by atoms with van der Waals surface area (Å²) in [5.74, 6) is 0.750. The van der Waals surface area contributed by atoms with E-state index in [1.54, 1.807) is 10.7 Å². The number of pyridine rings is 1. The summed E-state index contributed by atoms with van der Waals surface area (Å²) >= 11 is 0. The Morgan fingerprint density at radius 3 is 3.08 bits per heavy atom. The highest BCUT2D eigenvalue weighted by Crippen LogP contribution is 2.34. The zero-order chi connectivity index (χ0) is 17.5. The van der Waals surface area contributed by atoms with Crippen LogP contribution in [-0.4, -0.2) is 38.6 Å². The van der Waals surface area contributed by atoms with Crippen molar-refractivity contribution in [2.75, 3.05) is 18.0 Å². The minimum absolute atomic E-state index is 0.124. The summed E-state index contributed by atoms with van der Waals surface area (Å²) < 4.78 is 1.66. The number of aromatic nitrogens is 4. The predicted molar refractivity (Wildman–Crippen MR) is 97.2 cm³/mol. The molecule has 0 saturated carbocycles. The van der Waals surface area contributed by atoms with Gasteiger partial charge in [0.05, 0.1) is 17.9 Å². The Balaban J connectivity index is 1.65. The van der Waals surface area contributed by atoms with Crippen LogP contribution in [0, 0.1) is 0 Å². The summed E-state index contributed by atoms with van der Waals surface area (Å²) in [5.41, 5.74) is 3.31. The monoisotopic (exact) mass is 348 g/mol. The van der Waals surface area contributed by atoms with Crippen molar-refractivity contribution in [2.24, 2.45) is 0 Å². The predicted octanol–water partition coefficient (Wildman–Crippen LogP) is 2.14. The zero-order valence-electron chi connectivity index (χ0n) is 14.4. The van der Waals surface area contributed by atoms with Crippen LogP contribution in [0.25, 0.3) is 5.65 Å². The molecule has 7 heteroatoms. The van der Waals surface area contributed by atoms with Crippen molar-refractivity contribution >= 4 is 17.4 Å². The molecule has 0 spiro atoms. The molecule has 3 aromatic rings. The van der Waals surface area contributed by atoms with E-state index in [4.69, 9.17) is 9.97 Å². The second-order valence-corrected chi connectivity index (χ2v) is 6.88. The van der Waals surface area contributed by atoms with Crippen molar-refractivity contribution < 1.29 is 4.79 Å². The molecule has 0 unspecified atom stereocenters. The standard InChI is InChI=1S/C19H20N6O/c26-19-14-12-21-25-11-8-17(23-18(14)25)24-10-3-7-16(24)15-6-1-4-13(22-15)5-2-9-20-19/h1,4,6,8,11-12,16H,2-3,5,7,9-10H2,(H,20,26)/t16-/m1/s1. The maximum absolute atomic E-state index is 12.5. The molecule has 3 aromatic heterocycles. The van der Waals surface area contributed by atoms with Crippen LogP contribution in [0.15, 0.2) is 36.7 Å². The van der Waals surface area contributed by atoms with E-state index in [0.29, 0.717) is 17.8 Å². The number of rotatable bonds is 0. The largest absolute Gasteiger partial charge is 0.352 e. The fourth-order valence-corrected chi connectivity index (χ4v) is 3.92. The minimum Gasteiger partial charge on any atom is -0.352 e. The molecule has 132 valence electrons. The van der Waals surface area contributed by atoms with Crippen LogP contribution in [0.2, 0.25) is 0 Å². The maximum atomic E-state index is 12.5. The van der Waals surface area contributed by atoms with E-state index < -0.39 is 0 Å². The lowest BCUT2D eigenvalue weighted by Crippen LogP contribution is -2.27. The van der Waals surface area contributed by atoms with Gasteiger partial charge in [0.25, 0.3) is 5.91 Å². The number of aryl methyl sites for hydroxylation is 1. The van der Waals surface area contributed by atoms with Gasteiger partial charge in [0.1, 0.15) is 11.4 Å². The number of hydrogen-bond acceptors (Lipinski definition) is 5. The summed E-state index contributed by atoms with van der Waals surface area (Å²) in [6.45, 7) is 1.55. The SMILES string of the molecule is O=C1NCCCc2cccc(n2)[C@H]2CCCN2c2ccn3ncc1c3n2. The lowest BCUT2D eigenvalue weighted by atomic mass is 10.1. The lowest BCUT2D eigenvalue weighted by Gasteiger charge is -2.26. The van der Waals surface area contributed by atoms with Gasteiger partial charge in [-0.05, 0) is 43.9 Å². The van der Waals surface area contributed by atoms with Crippen LogP contribution < -0.4 is 10.2 Å². The number of amides is 1. The molecule has 2 aliphatic rings. The molecule has 5 rings (SSSR count). The molecular weight excluding hydrogens is 328 g/mol. The first kappa shape index (κ1) is 15.3. The van der Waals surface area contributed by atoms with E-state index in [0.717, 1.165) is 49.4 Å². The zero-order valence-corrected chi connectivity index (χ0v) is 14.4. The molecule has 26 heavy (non-hydrogen) atoms. The number of carbonyl (C=O) groups excluding carboxylic acids is 1. The van der Waals surface area contributed by atoms with Crippen molar-refractivity contribution in [2.45, 2.75) is 31.7 Å². The first-order valence-electron chi connectivity index (χ1n) is 9.15. The average Bonchev–Trinajstić information content (AvgIpc) is 3.31. The molecular formula is C19H20N6O. The molecule has 4 bridgehead atoms. The summed E-state index contributed by atoms with van der Waals surface area (Å²) in [6.07, 6.45) is 7.35. The van der Waals surface area contributed by atoms with E-state index in [1.165, 1.54) is 0 Å². The Labute approximate surface area is 151 Å². The fourth-order valence-electron chi connectivity index (χ4n) is 3.92. The highest BCUT2D eigenvalue weighted by atomic mass is 16.1. The van der Waals surface area contributed by atoms with Crippen molar-refractivity contribution in [3.8, 4) is 0 Å². The third-order valence-electron chi connectivity index (χ3n) is 5.21. The third kappa shape index (κ3) is 2.51. The first-order chi connectivity index (χ1) is 12.8. The molecule has 1 saturated heterocycles. The van der Waals surface area contributed by atoms with E-state index in [9.17, 15) is 4.79 Å². The van der Waals surface area contributed by atoms with Gasteiger partial charge in [-0.1, -0.05) is 6.07 Å². The Morgan fingerprint density at radius 1 is 1.15 bits per heavy atom. The molecule has 1 N–H and O–H groups in total. The molecule has 2 aliphatic heterocycles. The van der Waals surface area contributed by atoms with E-state index in [2.05, 4.69) is 33.5 Å². The Kier molecular flexibility index (Phi) is 3.58. The van der Waals surface area contributed by atoms with E-state index >= 15 is 0 Å². The minimum atomic E-state index is -0.124. The quantitative estimate of drug-likeness (QED) is 0.674. The molecule has 1 amide bonds. The number of nitrogens with one attached hydrogen (secondary N) is 1. The second kappa shape index (κ2) is 6.09. The lowest BCUT2D eigenvalue weighted by molar-refractivity contribution is 0.0954. The van der Waals surface area contributed by atoms with Gasteiger partial charge in [-0.15, -0.1) is 0 Å². The van der Waals surface area contributed by atoms with Crippen molar-refractivity contribution in [1.29, 1.82) is 0 Å². The molecule has 5 heterocycles. The Bertz CT molecular complexity index is 981. The van der Waals surface area contributed by atoms with Gasteiger partial charge in [0.15, 0.2) is 5.65 Å². The first-order valence-corrected chi connectivity index (χ1v) is 9.15. The van der Waals surface area contributed by atoms with Crippen LogP contribution in [0.4, 0.5) is 5.82 Å². The van der Waals surface area contributed by atoms with Gasteiger partial charge < -0.3 is 10.2 Å². The second-order valence-electron chi connectivity index (χ2n) is 6.88. The van der Waals surface area contributed by atoms with Gasteiger partial charge in [0.2, 0.25) is 0 Å². The summed E-state index contributed by atoms with van der Waals surface area (Å²) in [5, 5.41) is 7.24. The number of anilines is 1.